The first-order chi connectivity index (χ1) is 8.49. The lowest BCUT2D eigenvalue weighted by atomic mass is 9.62. The first-order valence-corrected chi connectivity index (χ1v) is 6.77. The Balaban J connectivity index is 2.19. The van der Waals surface area contributed by atoms with E-state index in [1.165, 1.54) is 0 Å². The van der Waals surface area contributed by atoms with E-state index in [-0.39, 0.29) is 5.41 Å². The molecule has 1 heterocycles. The second kappa shape index (κ2) is 4.98. The molecule has 18 heavy (non-hydrogen) atoms. The largest absolute Gasteiger partial charge is 0.388 e. The van der Waals surface area contributed by atoms with Gasteiger partial charge in [-0.15, -0.1) is 0 Å². The summed E-state index contributed by atoms with van der Waals surface area (Å²) in [6.45, 7) is 5.13. The average molecular weight is 248 g/mol. The lowest BCUT2D eigenvalue weighted by molar-refractivity contribution is -0.0237. The van der Waals surface area contributed by atoms with Crippen LogP contribution in [0.4, 0.5) is 0 Å². The Hall–Kier alpha value is -0.930. The molecule has 0 aliphatic heterocycles. The Labute approximate surface area is 109 Å². The number of rotatable bonds is 3. The van der Waals surface area contributed by atoms with E-state index in [1.54, 1.807) is 12.4 Å². The highest BCUT2D eigenvalue weighted by Gasteiger charge is 2.43. The van der Waals surface area contributed by atoms with Crippen LogP contribution in [0, 0.1) is 10.8 Å². The normalized spacial score (nSPS) is 23.6. The fourth-order valence-corrected chi connectivity index (χ4v) is 2.91. The van der Waals surface area contributed by atoms with Crippen molar-refractivity contribution in [2.75, 3.05) is 6.54 Å². The fraction of sp³-hybridized carbons (Fsp3) is 0.667. The first-order valence-electron chi connectivity index (χ1n) is 6.77. The highest BCUT2D eigenvalue weighted by Crippen LogP contribution is 2.50. The molecule has 1 aliphatic carbocycles. The van der Waals surface area contributed by atoms with Gasteiger partial charge in [0.1, 0.15) is 0 Å². The van der Waals surface area contributed by atoms with Gasteiger partial charge in [-0.05, 0) is 42.7 Å². The summed E-state index contributed by atoms with van der Waals surface area (Å²) in [5.74, 6) is 0. The summed E-state index contributed by atoms with van der Waals surface area (Å²) in [4.78, 5) is 4.09. The summed E-state index contributed by atoms with van der Waals surface area (Å²) in [6, 6.07) is 3.81. The minimum atomic E-state index is -0.493. The minimum absolute atomic E-state index is 0.168. The van der Waals surface area contributed by atoms with E-state index in [4.69, 9.17) is 5.73 Å². The van der Waals surface area contributed by atoms with E-state index < -0.39 is 6.10 Å². The van der Waals surface area contributed by atoms with Gasteiger partial charge < -0.3 is 10.8 Å². The number of hydrogen-bond acceptors (Lipinski definition) is 3. The Bertz CT molecular complexity index is 379. The maximum Gasteiger partial charge on any atom is 0.0873 e. The van der Waals surface area contributed by atoms with Crippen LogP contribution in [0.1, 0.15) is 51.2 Å². The van der Waals surface area contributed by atoms with Crippen LogP contribution in [-0.2, 0) is 0 Å². The van der Waals surface area contributed by atoms with E-state index in [0.29, 0.717) is 12.0 Å². The molecule has 0 bridgehead atoms. The molecule has 1 unspecified atom stereocenters. The summed E-state index contributed by atoms with van der Waals surface area (Å²) < 4.78 is 0. The molecule has 3 N–H and O–H groups in total. The molecule has 0 saturated heterocycles. The molecule has 1 saturated carbocycles. The maximum absolute atomic E-state index is 10.6. The molecule has 1 aromatic heterocycles. The van der Waals surface area contributed by atoms with Gasteiger partial charge in [0.05, 0.1) is 6.10 Å². The number of aliphatic hydroxyl groups is 1. The molecule has 0 spiro atoms. The number of aromatic nitrogens is 1. The molecular weight excluding hydrogens is 224 g/mol. The summed E-state index contributed by atoms with van der Waals surface area (Å²) in [7, 11) is 0. The number of pyridine rings is 1. The molecule has 1 fully saturated rings. The molecule has 3 heteroatoms. The van der Waals surface area contributed by atoms with E-state index in [1.807, 2.05) is 12.1 Å². The van der Waals surface area contributed by atoms with E-state index >= 15 is 0 Å². The highest BCUT2D eigenvalue weighted by molar-refractivity contribution is 5.16. The second-order valence-electron chi connectivity index (χ2n) is 6.42. The summed E-state index contributed by atoms with van der Waals surface area (Å²) in [5.41, 5.74) is 7.09. The van der Waals surface area contributed by atoms with Crippen molar-refractivity contribution in [3.8, 4) is 0 Å². The van der Waals surface area contributed by atoms with Gasteiger partial charge in [-0.2, -0.15) is 0 Å². The van der Waals surface area contributed by atoms with Crippen molar-refractivity contribution in [2.24, 2.45) is 16.6 Å². The van der Waals surface area contributed by atoms with Crippen molar-refractivity contribution in [3.63, 3.8) is 0 Å². The molecule has 100 valence electrons. The van der Waals surface area contributed by atoms with Crippen LogP contribution in [0.2, 0.25) is 0 Å². The topological polar surface area (TPSA) is 59.1 Å². The molecular formula is C15H24N2O. The van der Waals surface area contributed by atoms with Crippen LogP contribution >= 0.6 is 0 Å². The summed E-state index contributed by atoms with van der Waals surface area (Å²) in [5, 5.41) is 10.6. The summed E-state index contributed by atoms with van der Waals surface area (Å²) >= 11 is 0. The Morgan fingerprint density at radius 1 is 1.33 bits per heavy atom. The zero-order valence-electron chi connectivity index (χ0n) is 11.4. The van der Waals surface area contributed by atoms with Crippen molar-refractivity contribution in [1.29, 1.82) is 0 Å². The Morgan fingerprint density at radius 3 is 2.50 bits per heavy atom. The Morgan fingerprint density at radius 2 is 2.00 bits per heavy atom. The van der Waals surface area contributed by atoms with Crippen LogP contribution in [0.15, 0.2) is 24.5 Å². The second-order valence-corrected chi connectivity index (χ2v) is 6.42. The van der Waals surface area contributed by atoms with Gasteiger partial charge in [0.15, 0.2) is 0 Å². The molecule has 0 radical (unpaired) electrons. The van der Waals surface area contributed by atoms with Gasteiger partial charge >= 0.3 is 0 Å². The number of aliphatic hydroxyl groups excluding tert-OH is 1. The van der Waals surface area contributed by atoms with E-state index in [9.17, 15) is 5.11 Å². The van der Waals surface area contributed by atoms with Gasteiger partial charge in [0.2, 0.25) is 0 Å². The molecule has 1 aliphatic rings. The molecule has 3 nitrogen and oxygen atoms in total. The van der Waals surface area contributed by atoms with Crippen LogP contribution in [0.25, 0.3) is 0 Å². The van der Waals surface area contributed by atoms with Crippen molar-refractivity contribution < 1.29 is 5.11 Å². The average Bonchev–Trinajstić information content (AvgIpc) is 2.40. The van der Waals surface area contributed by atoms with Crippen molar-refractivity contribution in [2.45, 2.75) is 45.6 Å². The number of nitrogens with zero attached hydrogens (tertiary/aromatic N) is 1. The van der Waals surface area contributed by atoms with Crippen molar-refractivity contribution in [1.82, 2.24) is 4.98 Å². The molecule has 1 aromatic rings. The van der Waals surface area contributed by atoms with Crippen molar-refractivity contribution in [3.05, 3.63) is 30.1 Å². The zero-order chi connectivity index (χ0) is 13.2. The van der Waals surface area contributed by atoms with Crippen LogP contribution in [0.5, 0.6) is 0 Å². The summed E-state index contributed by atoms with van der Waals surface area (Å²) in [6.07, 6.45) is 7.23. The predicted octanol–water partition coefficient (Wildman–Crippen LogP) is 2.66. The minimum Gasteiger partial charge on any atom is -0.388 e. The van der Waals surface area contributed by atoms with Gasteiger partial charge in [-0.1, -0.05) is 19.9 Å². The smallest absolute Gasteiger partial charge is 0.0873 e. The number of nitrogens with two attached hydrogens (primary N) is 1. The van der Waals surface area contributed by atoms with Crippen LogP contribution < -0.4 is 5.73 Å². The quantitative estimate of drug-likeness (QED) is 0.864. The van der Waals surface area contributed by atoms with Gasteiger partial charge in [-0.25, -0.2) is 0 Å². The van der Waals surface area contributed by atoms with Crippen molar-refractivity contribution >= 4 is 0 Å². The van der Waals surface area contributed by atoms with Gasteiger partial charge in [0, 0.05) is 24.4 Å². The standard InChI is InChI=1S/C15H24N2O/c1-14(2)5-7-15(11-16,8-6-14)13(18)12-4-3-9-17-10-12/h3-4,9-10,13,18H,5-8,11,16H2,1-2H3. The maximum atomic E-state index is 10.6. The van der Waals surface area contributed by atoms with E-state index in [2.05, 4.69) is 18.8 Å². The third kappa shape index (κ3) is 2.57. The van der Waals surface area contributed by atoms with Crippen LogP contribution in [-0.4, -0.2) is 16.6 Å². The molecule has 2 rings (SSSR count). The fourth-order valence-electron chi connectivity index (χ4n) is 2.91. The molecule has 0 aromatic carbocycles. The lowest BCUT2D eigenvalue weighted by Crippen LogP contribution is -2.41. The third-order valence-corrected chi connectivity index (χ3v) is 4.59. The van der Waals surface area contributed by atoms with Gasteiger partial charge in [0.25, 0.3) is 0 Å². The highest BCUT2D eigenvalue weighted by atomic mass is 16.3. The van der Waals surface area contributed by atoms with E-state index in [0.717, 1.165) is 31.2 Å². The lowest BCUT2D eigenvalue weighted by Gasteiger charge is -2.45. The zero-order valence-corrected chi connectivity index (χ0v) is 11.4. The molecule has 1 atom stereocenters. The van der Waals surface area contributed by atoms with Gasteiger partial charge in [-0.3, -0.25) is 4.98 Å². The Kier molecular flexibility index (Phi) is 3.74. The number of hydrogen-bond donors (Lipinski definition) is 2. The monoisotopic (exact) mass is 248 g/mol. The SMILES string of the molecule is CC1(C)CCC(CN)(C(O)c2cccnc2)CC1. The predicted molar refractivity (Wildman–Crippen MR) is 72.9 cm³/mol. The molecule has 0 amide bonds. The van der Waals surface area contributed by atoms with Crippen LogP contribution in [0.3, 0.4) is 0 Å². The first kappa shape index (κ1) is 13.5. The third-order valence-electron chi connectivity index (χ3n) is 4.59.